The predicted octanol–water partition coefficient (Wildman–Crippen LogP) is 2.13. The first-order valence-electron chi connectivity index (χ1n) is 3.76. The quantitative estimate of drug-likeness (QED) is 0.673. The number of aromatic nitrogens is 1. The van der Waals surface area contributed by atoms with Crippen LogP contribution in [-0.4, -0.2) is 16.9 Å². The predicted molar refractivity (Wildman–Crippen MR) is 51.2 cm³/mol. The largest absolute Gasteiger partial charge is 0.358 e. The fourth-order valence-electron chi connectivity index (χ4n) is 0.729. The fourth-order valence-corrected chi connectivity index (χ4v) is 0.729. The minimum atomic E-state index is 0.950. The molecular weight excluding hydrogens is 148 g/mol. The maximum Gasteiger partial charge on any atom is 0.0644 e. The van der Waals surface area contributed by atoms with Crippen LogP contribution in [0.1, 0.15) is 5.69 Å². The standard InChI is InChI=1S/C10H12N2/c1-3-12(2)9-7-10-6-4-5-8-11-10/h3-9H,1H2,2H3. The summed E-state index contributed by atoms with van der Waals surface area (Å²) >= 11 is 0. The van der Waals surface area contributed by atoms with Crippen molar-refractivity contribution in [1.82, 2.24) is 9.88 Å². The normalized spacial score (nSPS) is 10.1. The minimum absolute atomic E-state index is 0.950. The summed E-state index contributed by atoms with van der Waals surface area (Å²) in [5.41, 5.74) is 0.950. The molecule has 0 saturated heterocycles. The maximum atomic E-state index is 4.14. The highest BCUT2D eigenvalue weighted by Gasteiger charge is 1.84. The monoisotopic (exact) mass is 160 g/mol. The molecule has 2 nitrogen and oxygen atoms in total. The molecule has 0 unspecified atom stereocenters. The van der Waals surface area contributed by atoms with Crippen molar-refractivity contribution in [2.45, 2.75) is 0 Å². The second-order valence-electron chi connectivity index (χ2n) is 2.42. The van der Waals surface area contributed by atoms with Gasteiger partial charge >= 0.3 is 0 Å². The molecule has 1 rings (SSSR count). The molecule has 0 N–H and O–H groups in total. The number of hydrogen-bond donors (Lipinski definition) is 0. The van der Waals surface area contributed by atoms with Crippen molar-refractivity contribution in [1.29, 1.82) is 0 Å². The van der Waals surface area contributed by atoms with E-state index in [1.165, 1.54) is 0 Å². The highest BCUT2D eigenvalue weighted by Crippen LogP contribution is 1.97. The van der Waals surface area contributed by atoms with Crippen LogP contribution in [0.3, 0.4) is 0 Å². The van der Waals surface area contributed by atoms with Gasteiger partial charge in [0.05, 0.1) is 5.69 Å². The van der Waals surface area contributed by atoms with Crippen LogP contribution >= 0.6 is 0 Å². The lowest BCUT2D eigenvalue weighted by Gasteiger charge is -2.03. The van der Waals surface area contributed by atoms with Crippen molar-refractivity contribution in [3.8, 4) is 0 Å². The Hall–Kier alpha value is -1.57. The molecule has 0 bridgehead atoms. The Balaban J connectivity index is 2.63. The molecule has 1 heterocycles. The first-order valence-corrected chi connectivity index (χ1v) is 3.76. The van der Waals surface area contributed by atoms with E-state index in [2.05, 4.69) is 11.6 Å². The SMILES string of the molecule is C=CN(C)C=Cc1ccccn1. The molecule has 2 heteroatoms. The van der Waals surface area contributed by atoms with E-state index in [0.717, 1.165) is 5.69 Å². The number of hydrogen-bond acceptors (Lipinski definition) is 2. The van der Waals surface area contributed by atoms with E-state index in [1.807, 2.05) is 42.4 Å². The summed E-state index contributed by atoms with van der Waals surface area (Å²) in [5, 5.41) is 0. The van der Waals surface area contributed by atoms with Gasteiger partial charge in [-0.15, -0.1) is 0 Å². The lowest BCUT2D eigenvalue weighted by molar-refractivity contribution is 0.632. The van der Waals surface area contributed by atoms with Gasteiger partial charge in [0.15, 0.2) is 0 Å². The van der Waals surface area contributed by atoms with E-state index in [0.29, 0.717) is 0 Å². The van der Waals surface area contributed by atoms with Crippen molar-refractivity contribution >= 4 is 6.08 Å². The van der Waals surface area contributed by atoms with Crippen molar-refractivity contribution in [3.05, 3.63) is 49.1 Å². The summed E-state index contributed by atoms with van der Waals surface area (Å²) < 4.78 is 0. The van der Waals surface area contributed by atoms with Gasteiger partial charge < -0.3 is 4.90 Å². The summed E-state index contributed by atoms with van der Waals surface area (Å²) in [7, 11) is 1.92. The molecule has 12 heavy (non-hydrogen) atoms. The van der Waals surface area contributed by atoms with Gasteiger partial charge in [0.25, 0.3) is 0 Å². The summed E-state index contributed by atoms with van der Waals surface area (Å²) in [6.45, 7) is 3.63. The lowest BCUT2D eigenvalue weighted by Crippen LogP contribution is -1.97. The van der Waals surface area contributed by atoms with Crippen LogP contribution in [0.15, 0.2) is 43.4 Å². The van der Waals surface area contributed by atoms with E-state index in [-0.39, 0.29) is 0 Å². The van der Waals surface area contributed by atoms with Gasteiger partial charge in [-0.3, -0.25) is 4.98 Å². The molecule has 0 aliphatic heterocycles. The zero-order valence-corrected chi connectivity index (χ0v) is 7.14. The average Bonchev–Trinajstić information content (AvgIpc) is 2.16. The van der Waals surface area contributed by atoms with Crippen LogP contribution in [-0.2, 0) is 0 Å². The third kappa shape index (κ3) is 2.58. The molecule has 1 aromatic rings. The molecule has 0 radical (unpaired) electrons. The Labute approximate surface area is 72.9 Å². The van der Waals surface area contributed by atoms with E-state index < -0.39 is 0 Å². The smallest absolute Gasteiger partial charge is 0.0644 e. The maximum absolute atomic E-state index is 4.14. The molecule has 0 aliphatic rings. The Morgan fingerprint density at radius 2 is 2.33 bits per heavy atom. The molecule has 0 spiro atoms. The Bertz CT molecular complexity index is 264. The van der Waals surface area contributed by atoms with E-state index in [9.17, 15) is 0 Å². The van der Waals surface area contributed by atoms with Gasteiger partial charge in [-0.05, 0) is 24.4 Å². The number of rotatable bonds is 3. The average molecular weight is 160 g/mol. The summed E-state index contributed by atoms with van der Waals surface area (Å²) in [5.74, 6) is 0. The molecule has 0 saturated carbocycles. The van der Waals surface area contributed by atoms with Gasteiger partial charge in [0.1, 0.15) is 0 Å². The molecule has 0 fully saturated rings. The van der Waals surface area contributed by atoms with Crippen LogP contribution in [0.2, 0.25) is 0 Å². The second kappa shape index (κ2) is 4.34. The van der Waals surface area contributed by atoms with Crippen LogP contribution in [0, 0.1) is 0 Å². The molecule has 62 valence electrons. The summed E-state index contributed by atoms with van der Waals surface area (Å²) in [6, 6.07) is 5.81. The Kier molecular flexibility index (Phi) is 3.08. The number of pyridine rings is 1. The first-order chi connectivity index (χ1) is 5.83. The van der Waals surface area contributed by atoms with E-state index >= 15 is 0 Å². The third-order valence-electron chi connectivity index (χ3n) is 1.46. The summed E-state index contributed by atoms with van der Waals surface area (Å²) in [6.07, 6.45) is 7.35. The zero-order chi connectivity index (χ0) is 8.81. The minimum Gasteiger partial charge on any atom is -0.358 e. The Morgan fingerprint density at radius 3 is 2.92 bits per heavy atom. The van der Waals surface area contributed by atoms with Crippen molar-refractivity contribution < 1.29 is 0 Å². The summed E-state index contributed by atoms with van der Waals surface area (Å²) in [4.78, 5) is 6.01. The zero-order valence-electron chi connectivity index (χ0n) is 7.14. The molecule has 0 atom stereocenters. The van der Waals surface area contributed by atoms with Gasteiger partial charge in [-0.25, -0.2) is 0 Å². The lowest BCUT2D eigenvalue weighted by atomic mass is 10.3. The molecule has 0 aliphatic carbocycles. The van der Waals surface area contributed by atoms with Crippen molar-refractivity contribution in [2.24, 2.45) is 0 Å². The first kappa shape index (κ1) is 8.53. The van der Waals surface area contributed by atoms with Crippen molar-refractivity contribution in [2.75, 3.05) is 7.05 Å². The van der Waals surface area contributed by atoms with Crippen LogP contribution < -0.4 is 0 Å². The van der Waals surface area contributed by atoms with Crippen molar-refractivity contribution in [3.63, 3.8) is 0 Å². The van der Waals surface area contributed by atoms with Gasteiger partial charge in [0.2, 0.25) is 0 Å². The highest BCUT2D eigenvalue weighted by atomic mass is 15.0. The van der Waals surface area contributed by atoms with Crippen LogP contribution in [0.5, 0.6) is 0 Å². The molecule has 1 aromatic heterocycles. The fraction of sp³-hybridized carbons (Fsp3) is 0.100. The molecule has 0 aromatic carbocycles. The van der Waals surface area contributed by atoms with Gasteiger partial charge in [-0.1, -0.05) is 12.6 Å². The van der Waals surface area contributed by atoms with Crippen LogP contribution in [0.25, 0.3) is 6.08 Å². The van der Waals surface area contributed by atoms with Gasteiger partial charge in [0, 0.05) is 19.4 Å². The third-order valence-corrected chi connectivity index (χ3v) is 1.46. The molecule has 0 amide bonds. The van der Waals surface area contributed by atoms with E-state index in [4.69, 9.17) is 0 Å². The van der Waals surface area contributed by atoms with Gasteiger partial charge in [-0.2, -0.15) is 0 Å². The second-order valence-corrected chi connectivity index (χ2v) is 2.42. The van der Waals surface area contributed by atoms with Crippen LogP contribution in [0.4, 0.5) is 0 Å². The van der Waals surface area contributed by atoms with E-state index in [1.54, 1.807) is 12.4 Å². The number of nitrogens with zero attached hydrogens (tertiary/aromatic N) is 2. The Morgan fingerprint density at radius 1 is 1.50 bits per heavy atom. The highest BCUT2D eigenvalue weighted by molar-refractivity contribution is 5.43. The molecular formula is C10H12N2. The topological polar surface area (TPSA) is 16.1 Å².